The number of carbonyl (C=O) groups excluding carboxylic acids is 2. The Morgan fingerprint density at radius 3 is 2.41 bits per heavy atom. The van der Waals surface area contributed by atoms with Crippen molar-refractivity contribution in [3.05, 3.63) is 35.8 Å². The van der Waals surface area contributed by atoms with E-state index in [-0.39, 0.29) is 11.8 Å². The first-order valence-corrected chi connectivity index (χ1v) is 7.69. The molecule has 0 saturated carbocycles. The summed E-state index contributed by atoms with van der Waals surface area (Å²) in [6.45, 7) is 2.89. The van der Waals surface area contributed by atoms with Crippen molar-refractivity contribution < 1.29 is 14.0 Å². The van der Waals surface area contributed by atoms with Crippen LogP contribution in [-0.2, 0) is 0 Å². The minimum Gasteiger partial charge on any atom is -0.339 e. The van der Waals surface area contributed by atoms with Gasteiger partial charge in [-0.1, -0.05) is 12.8 Å². The van der Waals surface area contributed by atoms with Crippen LogP contribution in [0.1, 0.15) is 47.8 Å². The summed E-state index contributed by atoms with van der Waals surface area (Å²) in [6.07, 6.45) is 5.84. The fourth-order valence-corrected chi connectivity index (χ4v) is 3.08. The van der Waals surface area contributed by atoms with Crippen molar-refractivity contribution in [3.63, 3.8) is 0 Å². The zero-order valence-corrected chi connectivity index (χ0v) is 12.6. The molecule has 1 fully saturated rings. The molecule has 1 aliphatic rings. The second-order valence-corrected chi connectivity index (χ2v) is 5.80. The monoisotopic (exact) mass is 302 g/mol. The average Bonchev–Trinajstić information content (AvgIpc) is 2.68. The molecule has 1 saturated heterocycles. The molecule has 116 valence electrons. The van der Waals surface area contributed by atoms with Crippen molar-refractivity contribution in [2.45, 2.75) is 32.6 Å². The fraction of sp³-hybridized carbons (Fsp3) is 0.412. The Kier molecular flexibility index (Phi) is 3.96. The van der Waals surface area contributed by atoms with E-state index in [1.165, 1.54) is 23.6 Å². The minimum atomic E-state index is -0.415. The standard InChI is InChI=1S/C17H19FN2O2/c1-12(21)20-11-15(14-7-6-13(18)10-16(14)20)17(22)19-8-4-2-3-5-9-19/h6-7,10-11H,2-5,8-9H2,1H3. The Morgan fingerprint density at radius 2 is 1.77 bits per heavy atom. The number of hydrogen-bond acceptors (Lipinski definition) is 2. The molecule has 0 radical (unpaired) electrons. The van der Waals surface area contributed by atoms with E-state index in [0.29, 0.717) is 16.5 Å². The van der Waals surface area contributed by atoms with Crippen LogP contribution in [0.2, 0.25) is 0 Å². The van der Waals surface area contributed by atoms with Crippen molar-refractivity contribution in [3.8, 4) is 0 Å². The lowest BCUT2D eigenvalue weighted by atomic mass is 10.1. The maximum absolute atomic E-state index is 13.5. The Bertz CT molecular complexity index is 728. The van der Waals surface area contributed by atoms with Crippen LogP contribution in [0.15, 0.2) is 24.4 Å². The van der Waals surface area contributed by atoms with Gasteiger partial charge in [0.2, 0.25) is 5.91 Å². The lowest BCUT2D eigenvalue weighted by molar-refractivity contribution is 0.0763. The molecule has 3 rings (SSSR count). The van der Waals surface area contributed by atoms with E-state index >= 15 is 0 Å². The lowest BCUT2D eigenvalue weighted by Crippen LogP contribution is -2.31. The predicted octanol–water partition coefficient (Wildman–Crippen LogP) is 3.46. The number of aromatic nitrogens is 1. The van der Waals surface area contributed by atoms with Crippen molar-refractivity contribution in [1.29, 1.82) is 0 Å². The zero-order chi connectivity index (χ0) is 15.7. The van der Waals surface area contributed by atoms with Crippen molar-refractivity contribution in [1.82, 2.24) is 9.47 Å². The van der Waals surface area contributed by atoms with E-state index in [1.54, 1.807) is 12.3 Å². The summed E-state index contributed by atoms with van der Waals surface area (Å²) < 4.78 is 14.8. The molecule has 0 unspecified atom stereocenters. The van der Waals surface area contributed by atoms with E-state index in [0.717, 1.165) is 38.8 Å². The van der Waals surface area contributed by atoms with Crippen LogP contribution < -0.4 is 0 Å². The van der Waals surface area contributed by atoms with Crippen LogP contribution in [0, 0.1) is 5.82 Å². The molecule has 0 bridgehead atoms. The summed E-state index contributed by atoms with van der Waals surface area (Å²) in [5.41, 5.74) is 0.928. The molecule has 2 heterocycles. The highest BCUT2D eigenvalue weighted by Gasteiger charge is 2.22. The van der Waals surface area contributed by atoms with Gasteiger partial charge in [-0.3, -0.25) is 14.2 Å². The van der Waals surface area contributed by atoms with Crippen LogP contribution in [0.4, 0.5) is 4.39 Å². The van der Waals surface area contributed by atoms with Crippen LogP contribution in [0.5, 0.6) is 0 Å². The number of amides is 1. The maximum atomic E-state index is 13.5. The Balaban J connectivity index is 2.06. The van der Waals surface area contributed by atoms with Gasteiger partial charge in [-0.2, -0.15) is 0 Å². The normalized spacial score (nSPS) is 15.8. The van der Waals surface area contributed by atoms with E-state index in [9.17, 15) is 14.0 Å². The van der Waals surface area contributed by atoms with Gasteiger partial charge in [-0.15, -0.1) is 0 Å². The van der Waals surface area contributed by atoms with Gasteiger partial charge in [0.15, 0.2) is 0 Å². The largest absolute Gasteiger partial charge is 0.339 e. The molecule has 1 aromatic carbocycles. The summed E-state index contributed by atoms with van der Waals surface area (Å²) in [6, 6.07) is 4.21. The van der Waals surface area contributed by atoms with Crippen LogP contribution in [0.3, 0.4) is 0 Å². The van der Waals surface area contributed by atoms with Gasteiger partial charge in [0.05, 0.1) is 11.1 Å². The van der Waals surface area contributed by atoms with E-state index in [2.05, 4.69) is 0 Å². The van der Waals surface area contributed by atoms with E-state index in [1.807, 2.05) is 4.90 Å². The third kappa shape index (κ3) is 2.63. The first kappa shape index (κ1) is 14.8. The summed E-state index contributed by atoms with van der Waals surface area (Å²) in [4.78, 5) is 26.4. The Labute approximate surface area is 128 Å². The van der Waals surface area contributed by atoms with Gasteiger partial charge in [-0.05, 0) is 31.0 Å². The number of fused-ring (bicyclic) bond motifs is 1. The number of likely N-dealkylation sites (tertiary alicyclic amines) is 1. The summed E-state index contributed by atoms with van der Waals surface area (Å²) >= 11 is 0. The van der Waals surface area contributed by atoms with Crippen LogP contribution in [0.25, 0.3) is 10.9 Å². The molecule has 0 N–H and O–H groups in total. The minimum absolute atomic E-state index is 0.0708. The number of rotatable bonds is 1. The van der Waals surface area contributed by atoms with Gasteiger partial charge in [0.1, 0.15) is 5.82 Å². The molecule has 1 amide bonds. The van der Waals surface area contributed by atoms with Gasteiger partial charge < -0.3 is 4.90 Å². The molecule has 1 aliphatic heterocycles. The molecule has 2 aromatic rings. The van der Waals surface area contributed by atoms with Crippen LogP contribution in [-0.4, -0.2) is 34.4 Å². The Morgan fingerprint density at radius 1 is 1.09 bits per heavy atom. The summed E-state index contributed by atoms with van der Waals surface area (Å²) in [5, 5.41) is 0.630. The summed E-state index contributed by atoms with van der Waals surface area (Å²) in [7, 11) is 0. The predicted molar refractivity (Wildman–Crippen MR) is 82.6 cm³/mol. The molecule has 4 nitrogen and oxygen atoms in total. The first-order chi connectivity index (χ1) is 10.6. The highest BCUT2D eigenvalue weighted by atomic mass is 19.1. The molecular formula is C17H19FN2O2. The third-order valence-corrected chi connectivity index (χ3v) is 4.23. The molecular weight excluding hydrogens is 283 g/mol. The van der Waals surface area contributed by atoms with Gasteiger partial charge >= 0.3 is 0 Å². The number of nitrogens with zero attached hydrogens (tertiary/aromatic N) is 2. The molecule has 5 heteroatoms. The number of halogens is 1. The van der Waals surface area contributed by atoms with Gasteiger partial charge in [-0.25, -0.2) is 4.39 Å². The average molecular weight is 302 g/mol. The first-order valence-electron chi connectivity index (χ1n) is 7.69. The molecule has 0 atom stereocenters. The second-order valence-electron chi connectivity index (χ2n) is 5.80. The Hall–Kier alpha value is -2.17. The summed E-state index contributed by atoms with van der Waals surface area (Å²) in [5.74, 6) is -0.717. The highest BCUT2D eigenvalue weighted by molar-refractivity contribution is 6.09. The zero-order valence-electron chi connectivity index (χ0n) is 12.6. The van der Waals surface area contributed by atoms with Crippen molar-refractivity contribution in [2.24, 2.45) is 0 Å². The smallest absolute Gasteiger partial charge is 0.256 e. The van der Waals surface area contributed by atoms with Gasteiger partial charge in [0.25, 0.3) is 5.91 Å². The molecule has 0 spiro atoms. The highest BCUT2D eigenvalue weighted by Crippen LogP contribution is 2.25. The van der Waals surface area contributed by atoms with Crippen molar-refractivity contribution in [2.75, 3.05) is 13.1 Å². The lowest BCUT2D eigenvalue weighted by Gasteiger charge is -2.19. The van der Waals surface area contributed by atoms with Gasteiger partial charge in [0, 0.05) is 31.6 Å². The number of hydrogen-bond donors (Lipinski definition) is 0. The molecule has 22 heavy (non-hydrogen) atoms. The number of benzene rings is 1. The molecule has 0 aliphatic carbocycles. The fourth-order valence-electron chi connectivity index (χ4n) is 3.08. The number of carbonyl (C=O) groups is 2. The van der Waals surface area contributed by atoms with E-state index < -0.39 is 5.82 Å². The quantitative estimate of drug-likeness (QED) is 0.809. The third-order valence-electron chi connectivity index (χ3n) is 4.23. The topological polar surface area (TPSA) is 42.3 Å². The van der Waals surface area contributed by atoms with E-state index in [4.69, 9.17) is 0 Å². The second kappa shape index (κ2) is 5.91. The van der Waals surface area contributed by atoms with Crippen molar-refractivity contribution >= 4 is 22.7 Å². The maximum Gasteiger partial charge on any atom is 0.256 e. The SMILES string of the molecule is CC(=O)n1cc(C(=O)N2CCCCCC2)c2ccc(F)cc21. The van der Waals surface area contributed by atoms with Crippen LogP contribution >= 0.6 is 0 Å². The molecule has 1 aromatic heterocycles.